The first-order valence-corrected chi connectivity index (χ1v) is 7.20. The average molecular weight is 284 g/mol. The molecule has 0 spiro atoms. The van der Waals surface area contributed by atoms with Gasteiger partial charge in [0.2, 0.25) is 0 Å². The van der Waals surface area contributed by atoms with E-state index in [0.29, 0.717) is 25.9 Å². The summed E-state index contributed by atoms with van der Waals surface area (Å²) in [6.45, 7) is 1.21. The van der Waals surface area contributed by atoms with Crippen LogP contribution in [-0.2, 0) is 11.2 Å². The van der Waals surface area contributed by atoms with E-state index in [1.54, 1.807) is 23.3 Å². The molecule has 2 N–H and O–H groups in total. The zero-order valence-corrected chi connectivity index (χ0v) is 11.9. The number of rotatable bonds is 8. The zero-order chi connectivity index (χ0) is 14.1. The fourth-order valence-electron chi connectivity index (χ4n) is 1.57. The molecule has 0 aromatic carbocycles. The van der Waals surface area contributed by atoms with Gasteiger partial charge in [-0.1, -0.05) is 6.07 Å². The Bertz CT molecular complexity index is 393. The molecule has 0 unspecified atom stereocenters. The van der Waals surface area contributed by atoms with Crippen LogP contribution in [0.2, 0.25) is 0 Å². The molecular weight excluding hydrogens is 264 g/mol. The van der Waals surface area contributed by atoms with Gasteiger partial charge in [-0.05, 0) is 30.7 Å². The number of nitrogens with one attached hydrogen (secondary N) is 1. The van der Waals surface area contributed by atoms with Gasteiger partial charge in [-0.15, -0.1) is 11.3 Å². The van der Waals surface area contributed by atoms with E-state index in [1.165, 1.54) is 4.88 Å². The minimum absolute atomic E-state index is 0.105. The predicted octanol–water partition coefficient (Wildman–Crippen LogP) is 2.19. The van der Waals surface area contributed by atoms with Gasteiger partial charge in [0.05, 0.1) is 0 Å². The van der Waals surface area contributed by atoms with E-state index in [2.05, 4.69) is 11.4 Å². The summed E-state index contributed by atoms with van der Waals surface area (Å²) >= 11 is 1.69. The molecule has 1 aromatic heterocycles. The van der Waals surface area contributed by atoms with Gasteiger partial charge in [0.15, 0.2) is 0 Å². The van der Waals surface area contributed by atoms with Gasteiger partial charge < -0.3 is 15.3 Å². The monoisotopic (exact) mass is 284 g/mol. The van der Waals surface area contributed by atoms with Crippen LogP contribution >= 0.6 is 11.3 Å². The Balaban J connectivity index is 2.09. The molecule has 0 aliphatic carbocycles. The van der Waals surface area contributed by atoms with Crippen molar-refractivity contribution in [2.24, 2.45) is 0 Å². The molecule has 0 saturated heterocycles. The molecule has 1 rings (SSSR count). The standard InChI is InChI=1S/C13H20N2O3S/c1-15(9-7-11-5-4-10-19-11)13(18)14-8-3-2-6-12(16)17/h4-5,10H,2-3,6-9H2,1H3,(H,14,18)(H,16,17). The zero-order valence-electron chi connectivity index (χ0n) is 11.1. The number of amides is 2. The largest absolute Gasteiger partial charge is 0.481 e. The third kappa shape index (κ3) is 6.81. The first-order chi connectivity index (χ1) is 9.09. The number of urea groups is 1. The second-order valence-electron chi connectivity index (χ2n) is 4.33. The van der Waals surface area contributed by atoms with Crippen LogP contribution in [0, 0.1) is 0 Å². The Morgan fingerprint density at radius 1 is 1.42 bits per heavy atom. The van der Waals surface area contributed by atoms with Crippen LogP contribution in [0.15, 0.2) is 17.5 Å². The molecule has 6 heteroatoms. The molecule has 106 valence electrons. The highest BCUT2D eigenvalue weighted by atomic mass is 32.1. The number of carbonyl (C=O) groups excluding carboxylic acids is 1. The summed E-state index contributed by atoms with van der Waals surface area (Å²) in [5, 5.41) is 13.3. The summed E-state index contributed by atoms with van der Waals surface area (Å²) in [7, 11) is 1.76. The number of thiophene rings is 1. The van der Waals surface area contributed by atoms with Gasteiger partial charge in [-0.25, -0.2) is 4.79 Å². The molecule has 0 aliphatic heterocycles. The molecule has 0 aliphatic rings. The predicted molar refractivity (Wildman–Crippen MR) is 75.5 cm³/mol. The molecule has 1 aromatic rings. The minimum atomic E-state index is -0.792. The third-order valence-electron chi connectivity index (χ3n) is 2.71. The quantitative estimate of drug-likeness (QED) is 0.719. The molecule has 5 nitrogen and oxygen atoms in total. The Kier molecular flexibility index (Phi) is 6.95. The van der Waals surface area contributed by atoms with Crippen molar-refractivity contribution in [2.45, 2.75) is 25.7 Å². The fourth-order valence-corrected chi connectivity index (χ4v) is 2.26. The fraction of sp³-hybridized carbons (Fsp3) is 0.538. The lowest BCUT2D eigenvalue weighted by Gasteiger charge is -2.17. The summed E-state index contributed by atoms with van der Waals surface area (Å²) in [6, 6.07) is 3.96. The van der Waals surface area contributed by atoms with Crippen molar-refractivity contribution in [3.8, 4) is 0 Å². The highest BCUT2D eigenvalue weighted by Crippen LogP contribution is 2.09. The Labute approximate surface area is 117 Å². The van der Waals surface area contributed by atoms with Crippen LogP contribution in [0.25, 0.3) is 0 Å². The van der Waals surface area contributed by atoms with Gasteiger partial charge in [-0.2, -0.15) is 0 Å². The molecule has 0 bridgehead atoms. The number of hydrogen-bond donors (Lipinski definition) is 2. The van der Waals surface area contributed by atoms with E-state index < -0.39 is 5.97 Å². The van der Waals surface area contributed by atoms with Crippen molar-refractivity contribution < 1.29 is 14.7 Å². The van der Waals surface area contributed by atoms with Crippen molar-refractivity contribution in [3.05, 3.63) is 22.4 Å². The van der Waals surface area contributed by atoms with Crippen LogP contribution < -0.4 is 5.32 Å². The van der Waals surface area contributed by atoms with Crippen LogP contribution in [-0.4, -0.2) is 42.1 Å². The molecule has 2 amide bonds. The van der Waals surface area contributed by atoms with Crippen molar-refractivity contribution in [1.82, 2.24) is 10.2 Å². The van der Waals surface area contributed by atoms with Gasteiger partial charge in [0.25, 0.3) is 0 Å². The lowest BCUT2D eigenvalue weighted by molar-refractivity contribution is -0.137. The van der Waals surface area contributed by atoms with E-state index >= 15 is 0 Å². The van der Waals surface area contributed by atoms with Crippen molar-refractivity contribution in [3.63, 3.8) is 0 Å². The van der Waals surface area contributed by atoms with Crippen molar-refractivity contribution in [1.29, 1.82) is 0 Å². The first-order valence-electron chi connectivity index (χ1n) is 6.32. The smallest absolute Gasteiger partial charge is 0.317 e. The number of carbonyl (C=O) groups is 2. The maximum absolute atomic E-state index is 11.7. The van der Waals surface area contributed by atoms with Gasteiger partial charge in [-0.3, -0.25) is 4.79 Å². The number of carboxylic acids is 1. The van der Waals surface area contributed by atoms with E-state index in [4.69, 9.17) is 5.11 Å². The van der Waals surface area contributed by atoms with Crippen LogP contribution in [0.1, 0.15) is 24.1 Å². The number of aliphatic carboxylic acids is 1. The summed E-state index contributed by atoms with van der Waals surface area (Å²) in [5.74, 6) is -0.792. The molecule has 1 heterocycles. The number of nitrogens with zero attached hydrogens (tertiary/aromatic N) is 1. The average Bonchev–Trinajstić information content (AvgIpc) is 2.88. The second-order valence-corrected chi connectivity index (χ2v) is 5.37. The number of likely N-dealkylation sites (N-methyl/N-ethyl adjacent to an activating group) is 1. The highest BCUT2D eigenvalue weighted by Gasteiger charge is 2.07. The maximum atomic E-state index is 11.7. The summed E-state index contributed by atoms with van der Waals surface area (Å²) in [6.07, 6.45) is 2.30. The van der Waals surface area contributed by atoms with Crippen molar-refractivity contribution >= 4 is 23.3 Å². The SMILES string of the molecule is CN(CCc1cccs1)C(=O)NCCCCC(=O)O. The Morgan fingerprint density at radius 2 is 2.21 bits per heavy atom. The lowest BCUT2D eigenvalue weighted by atomic mass is 10.2. The number of carboxylic acid groups (broad SMARTS) is 1. The Morgan fingerprint density at radius 3 is 2.84 bits per heavy atom. The third-order valence-corrected chi connectivity index (χ3v) is 3.65. The Hall–Kier alpha value is -1.56. The summed E-state index contributed by atoms with van der Waals surface area (Å²) in [4.78, 5) is 24.9. The van der Waals surface area contributed by atoms with Gasteiger partial charge in [0, 0.05) is 31.4 Å². The van der Waals surface area contributed by atoms with E-state index in [0.717, 1.165) is 6.42 Å². The van der Waals surface area contributed by atoms with Crippen LogP contribution in [0.5, 0.6) is 0 Å². The van der Waals surface area contributed by atoms with Gasteiger partial charge >= 0.3 is 12.0 Å². The molecule has 0 radical (unpaired) electrons. The number of hydrogen-bond acceptors (Lipinski definition) is 3. The second kappa shape index (κ2) is 8.53. The van der Waals surface area contributed by atoms with E-state index in [1.807, 2.05) is 11.4 Å². The maximum Gasteiger partial charge on any atom is 0.317 e. The van der Waals surface area contributed by atoms with Crippen LogP contribution in [0.3, 0.4) is 0 Å². The molecule has 0 saturated carbocycles. The van der Waals surface area contributed by atoms with Crippen LogP contribution in [0.4, 0.5) is 4.79 Å². The minimum Gasteiger partial charge on any atom is -0.481 e. The lowest BCUT2D eigenvalue weighted by Crippen LogP contribution is -2.38. The summed E-state index contributed by atoms with van der Waals surface area (Å²) < 4.78 is 0. The van der Waals surface area contributed by atoms with Gasteiger partial charge in [0.1, 0.15) is 0 Å². The molecule has 19 heavy (non-hydrogen) atoms. The summed E-state index contributed by atoms with van der Waals surface area (Å²) in [5.41, 5.74) is 0. The number of unbranched alkanes of at least 4 members (excludes halogenated alkanes) is 1. The van der Waals surface area contributed by atoms with E-state index in [9.17, 15) is 9.59 Å². The highest BCUT2D eigenvalue weighted by molar-refractivity contribution is 7.09. The van der Waals surface area contributed by atoms with Crippen molar-refractivity contribution in [2.75, 3.05) is 20.1 Å². The normalized spacial score (nSPS) is 10.2. The molecule has 0 fully saturated rings. The van der Waals surface area contributed by atoms with E-state index in [-0.39, 0.29) is 12.5 Å². The first kappa shape index (κ1) is 15.5. The topological polar surface area (TPSA) is 69.6 Å². The molecular formula is C13H20N2O3S. The molecule has 0 atom stereocenters.